The summed E-state index contributed by atoms with van der Waals surface area (Å²) in [6.45, 7) is 0.426. The molecule has 0 aliphatic rings. The van der Waals surface area contributed by atoms with Gasteiger partial charge in [0.15, 0.2) is 0 Å². The van der Waals surface area contributed by atoms with E-state index in [1.807, 2.05) is 0 Å². The van der Waals surface area contributed by atoms with Crippen molar-refractivity contribution >= 4 is 17.3 Å². The monoisotopic (exact) mass is 213 g/mol. The van der Waals surface area contributed by atoms with E-state index in [0.717, 1.165) is 0 Å². The highest BCUT2D eigenvalue weighted by Crippen LogP contribution is 2.25. The predicted octanol–water partition coefficient (Wildman–Crippen LogP) is 2.41. The van der Waals surface area contributed by atoms with Gasteiger partial charge in [-0.1, -0.05) is 11.6 Å². The average molecular weight is 214 g/mol. The number of nitrogen functional groups attached to an aromatic ring is 1. The SMILES string of the molecule is COc1ccc(OC/C=C/Cl)cc1N. The van der Waals surface area contributed by atoms with E-state index >= 15 is 0 Å². The van der Waals surface area contributed by atoms with E-state index < -0.39 is 0 Å². The Labute approximate surface area is 88.1 Å². The maximum atomic E-state index is 5.69. The molecule has 0 spiro atoms. The Bertz CT molecular complexity index is 326. The van der Waals surface area contributed by atoms with Crippen molar-refractivity contribution < 1.29 is 9.47 Å². The third-order valence-corrected chi connectivity index (χ3v) is 1.81. The first kappa shape index (κ1) is 10.7. The average Bonchev–Trinajstić information content (AvgIpc) is 2.18. The Hall–Kier alpha value is -1.35. The minimum atomic E-state index is 0.426. The lowest BCUT2D eigenvalue weighted by molar-refractivity contribution is 0.361. The van der Waals surface area contributed by atoms with Crippen molar-refractivity contribution in [3.63, 3.8) is 0 Å². The van der Waals surface area contributed by atoms with Crippen molar-refractivity contribution in [3.8, 4) is 11.5 Å². The van der Waals surface area contributed by atoms with Crippen molar-refractivity contribution in [3.05, 3.63) is 29.8 Å². The van der Waals surface area contributed by atoms with Crippen LogP contribution < -0.4 is 15.2 Å². The first-order chi connectivity index (χ1) is 6.77. The van der Waals surface area contributed by atoms with Crippen molar-refractivity contribution in [1.29, 1.82) is 0 Å². The van der Waals surface area contributed by atoms with Gasteiger partial charge < -0.3 is 15.2 Å². The van der Waals surface area contributed by atoms with Crippen LogP contribution in [0.15, 0.2) is 29.8 Å². The molecule has 0 bridgehead atoms. The van der Waals surface area contributed by atoms with E-state index in [2.05, 4.69) is 0 Å². The van der Waals surface area contributed by atoms with Gasteiger partial charge in [0.2, 0.25) is 0 Å². The summed E-state index contributed by atoms with van der Waals surface area (Å²) < 4.78 is 10.3. The molecule has 1 aromatic carbocycles. The molecule has 1 aromatic rings. The maximum Gasteiger partial charge on any atom is 0.142 e. The smallest absolute Gasteiger partial charge is 0.142 e. The van der Waals surface area contributed by atoms with Gasteiger partial charge in [-0.3, -0.25) is 0 Å². The van der Waals surface area contributed by atoms with E-state index in [1.54, 1.807) is 31.4 Å². The van der Waals surface area contributed by atoms with Gasteiger partial charge in [-0.25, -0.2) is 0 Å². The third kappa shape index (κ3) is 2.85. The second-order valence-corrected chi connectivity index (χ2v) is 2.83. The van der Waals surface area contributed by atoms with Gasteiger partial charge in [-0.15, -0.1) is 0 Å². The zero-order chi connectivity index (χ0) is 10.4. The van der Waals surface area contributed by atoms with Crippen LogP contribution in [0.1, 0.15) is 0 Å². The molecule has 0 aliphatic carbocycles. The van der Waals surface area contributed by atoms with E-state index in [9.17, 15) is 0 Å². The fraction of sp³-hybridized carbons (Fsp3) is 0.200. The van der Waals surface area contributed by atoms with Crippen molar-refractivity contribution in [1.82, 2.24) is 0 Å². The molecule has 2 N–H and O–H groups in total. The highest BCUT2D eigenvalue weighted by Gasteiger charge is 2.00. The van der Waals surface area contributed by atoms with Crippen LogP contribution in [0.3, 0.4) is 0 Å². The fourth-order valence-corrected chi connectivity index (χ4v) is 1.06. The second-order valence-electron chi connectivity index (χ2n) is 2.58. The molecule has 0 atom stereocenters. The van der Waals surface area contributed by atoms with Gasteiger partial charge in [0.05, 0.1) is 12.8 Å². The van der Waals surface area contributed by atoms with Crippen LogP contribution in [0, 0.1) is 0 Å². The predicted molar refractivity (Wildman–Crippen MR) is 57.9 cm³/mol. The molecule has 0 fully saturated rings. The summed E-state index contributed by atoms with van der Waals surface area (Å²) in [6, 6.07) is 5.26. The largest absolute Gasteiger partial charge is 0.495 e. The zero-order valence-corrected chi connectivity index (χ0v) is 8.62. The lowest BCUT2D eigenvalue weighted by atomic mass is 10.3. The molecule has 0 aliphatic heterocycles. The number of nitrogens with two attached hydrogens (primary N) is 1. The number of rotatable bonds is 4. The number of hydrogen-bond donors (Lipinski definition) is 1. The Morgan fingerprint density at radius 2 is 2.29 bits per heavy atom. The maximum absolute atomic E-state index is 5.69. The molecule has 0 aromatic heterocycles. The van der Waals surface area contributed by atoms with Gasteiger partial charge in [-0.2, -0.15) is 0 Å². The molecule has 3 nitrogen and oxygen atoms in total. The molecule has 0 heterocycles. The summed E-state index contributed by atoms with van der Waals surface area (Å²) in [5, 5.41) is 0. The summed E-state index contributed by atoms with van der Waals surface area (Å²) in [4.78, 5) is 0. The highest BCUT2D eigenvalue weighted by atomic mass is 35.5. The van der Waals surface area contributed by atoms with Crippen molar-refractivity contribution in [2.75, 3.05) is 19.5 Å². The van der Waals surface area contributed by atoms with Gasteiger partial charge in [0, 0.05) is 11.6 Å². The molecular formula is C10H12ClNO2. The molecule has 4 heteroatoms. The number of halogens is 1. The normalized spacial score (nSPS) is 10.4. The van der Waals surface area contributed by atoms with Crippen molar-refractivity contribution in [2.45, 2.75) is 0 Å². The number of methoxy groups -OCH3 is 1. The van der Waals surface area contributed by atoms with Crippen LogP contribution in [0.5, 0.6) is 11.5 Å². The fourth-order valence-electron chi connectivity index (χ4n) is 0.983. The van der Waals surface area contributed by atoms with Gasteiger partial charge in [0.25, 0.3) is 0 Å². The number of benzene rings is 1. The lowest BCUT2D eigenvalue weighted by Gasteiger charge is -2.07. The van der Waals surface area contributed by atoms with Gasteiger partial charge >= 0.3 is 0 Å². The zero-order valence-electron chi connectivity index (χ0n) is 7.87. The summed E-state index contributed by atoms with van der Waals surface area (Å²) in [6.07, 6.45) is 1.70. The third-order valence-electron chi connectivity index (χ3n) is 1.64. The molecule has 0 amide bonds. The number of anilines is 1. The first-order valence-electron chi connectivity index (χ1n) is 4.09. The van der Waals surface area contributed by atoms with E-state index in [4.69, 9.17) is 26.8 Å². The van der Waals surface area contributed by atoms with Crippen LogP contribution in [0.2, 0.25) is 0 Å². The van der Waals surface area contributed by atoms with Crippen molar-refractivity contribution in [2.24, 2.45) is 0 Å². The Kier molecular flexibility index (Phi) is 4.13. The molecule has 14 heavy (non-hydrogen) atoms. The molecule has 1 rings (SSSR count). The Morgan fingerprint density at radius 3 is 2.86 bits per heavy atom. The molecular weight excluding hydrogens is 202 g/mol. The van der Waals surface area contributed by atoms with Crippen LogP contribution in [0.4, 0.5) is 5.69 Å². The number of ether oxygens (including phenoxy) is 2. The first-order valence-corrected chi connectivity index (χ1v) is 4.53. The minimum absolute atomic E-state index is 0.426. The molecule has 76 valence electrons. The van der Waals surface area contributed by atoms with Crippen LogP contribution >= 0.6 is 11.6 Å². The van der Waals surface area contributed by atoms with Crippen LogP contribution in [-0.4, -0.2) is 13.7 Å². The molecule has 0 unspecified atom stereocenters. The summed E-state index contributed by atoms with van der Waals surface area (Å²) in [7, 11) is 1.57. The van der Waals surface area contributed by atoms with E-state index in [-0.39, 0.29) is 0 Å². The lowest BCUT2D eigenvalue weighted by Crippen LogP contribution is -1.96. The van der Waals surface area contributed by atoms with Crippen LogP contribution in [-0.2, 0) is 0 Å². The number of hydrogen-bond acceptors (Lipinski definition) is 3. The van der Waals surface area contributed by atoms with E-state index in [1.165, 1.54) is 5.54 Å². The standard InChI is InChI=1S/C10H12ClNO2/c1-13-10-4-3-8(7-9(10)12)14-6-2-5-11/h2-5,7H,6,12H2,1H3/b5-2+. The Balaban J connectivity index is 2.66. The molecule has 0 saturated heterocycles. The second kappa shape index (κ2) is 5.40. The van der Waals surface area contributed by atoms with E-state index in [0.29, 0.717) is 23.8 Å². The van der Waals surface area contributed by atoms with Gasteiger partial charge in [-0.05, 0) is 18.2 Å². The topological polar surface area (TPSA) is 44.5 Å². The highest BCUT2D eigenvalue weighted by molar-refractivity contribution is 6.25. The van der Waals surface area contributed by atoms with Crippen LogP contribution in [0.25, 0.3) is 0 Å². The minimum Gasteiger partial charge on any atom is -0.495 e. The molecule has 0 saturated carbocycles. The quantitative estimate of drug-likeness (QED) is 0.782. The molecule has 0 radical (unpaired) electrons. The summed E-state index contributed by atoms with van der Waals surface area (Å²) >= 11 is 5.34. The summed E-state index contributed by atoms with van der Waals surface area (Å²) in [5.41, 5.74) is 7.65. The Morgan fingerprint density at radius 1 is 1.50 bits per heavy atom. The van der Waals surface area contributed by atoms with Gasteiger partial charge in [0.1, 0.15) is 18.1 Å². The summed E-state index contributed by atoms with van der Waals surface area (Å²) in [5.74, 6) is 1.34.